The minimum atomic E-state index is -0.195. The molecule has 2 rings (SSSR count). The van der Waals surface area contributed by atoms with Gasteiger partial charge in [-0.2, -0.15) is 11.8 Å². The van der Waals surface area contributed by atoms with Crippen molar-refractivity contribution in [3.05, 3.63) is 35.6 Å². The minimum Gasteiger partial charge on any atom is -0.323 e. The predicted octanol–water partition coefficient (Wildman–Crippen LogP) is 4.14. The van der Waals surface area contributed by atoms with Crippen LogP contribution in [-0.2, 0) is 0 Å². The smallest absolute Gasteiger partial charge is 0.123 e. The maximum Gasteiger partial charge on any atom is 0.123 e. The van der Waals surface area contributed by atoms with Crippen molar-refractivity contribution in [2.75, 3.05) is 5.75 Å². The maximum absolute atomic E-state index is 12.8. The predicted molar refractivity (Wildman–Crippen MR) is 77.2 cm³/mol. The normalized spacial score (nSPS) is 25.9. The van der Waals surface area contributed by atoms with Crippen LogP contribution in [0, 0.1) is 11.7 Å². The van der Waals surface area contributed by atoms with Crippen molar-refractivity contribution >= 4 is 11.8 Å². The molecule has 18 heavy (non-hydrogen) atoms. The summed E-state index contributed by atoms with van der Waals surface area (Å²) in [6, 6.07) is 6.59. The van der Waals surface area contributed by atoms with Gasteiger partial charge in [0.1, 0.15) is 5.82 Å². The molecule has 100 valence electrons. The second-order valence-corrected chi connectivity index (χ2v) is 6.72. The number of rotatable bonds is 4. The van der Waals surface area contributed by atoms with E-state index in [0.717, 1.165) is 22.5 Å². The molecular weight excluding hydrogens is 245 g/mol. The molecular formula is C15H22FNS. The van der Waals surface area contributed by atoms with Crippen molar-refractivity contribution in [1.29, 1.82) is 0 Å². The van der Waals surface area contributed by atoms with Gasteiger partial charge in [0.05, 0.1) is 0 Å². The average molecular weight is 267 g/mol. The third-order valence-corrected chi connectivity index (χ3v) is 5.15. The van der Waals surface area contributed by atoms with Crippen molar-refractivity contribution < 1.29 is 4.39 Å². The highest BCUT2D eigenvalue weighted by molar-refractivity contribution is 7.99. The molecule has 0 aliphatic heterocycles. The van der Waals surface area contributed by atoms with Gasteiger partial charge in [-0.25, -0.2) is 4.39 Å². The van der Waals surface area contributed by atoms with Gasteiger partial charge in [0, 0.05) is 17.0 Å². The van der Waals surface area contributed by atoms with E-state index in [1.54, 1.807) is 12.1 Å². The molecule has 0 radical (unpaired) electrons. The van der Waals surface area contributed by atoms with Crippen LogP contribution in [-0.4, -0.2) is 11.0 Å². The first-order valence-electron chi connectivity index (χ1n) is 6.78. The van der Waals surface area contributed by atoms with E-state index in [1.807, 2.05) is 11.8 Å². The summed E-state index contributed by atoms with van der Waals surface area (Å²) in [6.45, 7) is 2.34. The Hall–Kier alpha value is -0.540. The minimum absolute atomic E-state index is 0.0211. The lowest BCUT2D eigenvalue weighted by Crippen LogP contribution is -2.19. The fourth-order valence-electron chi connectivity index (χ4n) is 2.58. The highest BCUT2D eigenvalue weighted by atomic mass is 32.2. The van der Waals surface area contributed by atoms with Crippen LogP contribution in [0.4, 0.5) is 4.39 Å². The molecule has 1 aromatic rings. The maximum atomic E-state index is 12.8. The lowest BCUT2D eigenvalue weighted by molar-refractivity contribution is 0.394. The van der Waals surface area contributed by atoms with Crippen molar-refractivity contribution in [3.8, 4) is 0 Å². The Labute approximate surface area is 113 Å². The van der Waals surface area contributed by atoms with Gasteiger partial charge < -0.3 is 5.73 Å². The van der Waals surface area contributed by atoms with E-state index in [0.29, 0.717) is 0 Å². The Morgan fingerprint density at radius 2 is 2.06 bits per heavy atom. The van der Waals surface area contributed by atoms with E-state index in [1.165, 1.54) is 37.8 Å². The van der Waals surface area contributed by atoms with E-state index >= 15 is 0 Å². The molecule has 0 heterocycles. The summed E-state index contributed by atoms with van der Waals surface area (Å²) in [5.41, 5.74) is 7.19. The molecule has 2 N–H and O–H groups in total. The van der Waals surface area contributed by atoms with Gasteiger partial charge in [-0.3, -0.25) is 0 Å². The molecule has 1 aliphatic rings. The van der Waals surface area contributed by atoms with Crippen LogP contribution in [0.1, 0.15) is 44.2 Å². The van der Waals surface area contributed by atoms with Crippen LogP contribution in [0.25, 0.3) is 0 Å². The number of nitrogens with two attached hydrogens (primary N) is 1. The SMILES string of the molecule is CC1CCCC(SCC(N)c2ccc(F)cc2)C1. The van der Waals surface area contributed by atoms with Crippen LogP contribution in [0.3, 0.4) is 0 Å². The average Bonchev–Trinajstić information content (AvgIpc) is 2.37. The third-order valence-electron chi connectivity index (χ3n) is 3.70. The summed E-state index contributed by atoms with van der Waals surface area (Å²) in [6.07, 6.45) is 5.37. The number of benzene rings is 1. The number of thioether (sulfide) groups is 1. The van der Waals surface area contributed by atoms with Crippen molar-refractivity contribution in [3.63, 3.8) is 0 Å². The van der Waals surface area contributed by atoms with Crippen LogP contribution >= 0.6 is 11.8 Å². The summed E-state index contributed by atoms with van der Waals surface area (Å²) in [5.74, 6) is 1.60. The zero-order chi connectivity index (χ0) is 13.0. The van der Waals surface area contributed by atoms with Crippen LogP contribution in [0.2, 0.25) is 0 Å². The molecule has 1 fully saturated rings. The lowest BCUT2D eigenvalue weighted by atomic mass is 9.91. The van der Waals surface area contributed by atoms with Gasteiger partial charge in [-0.1, -0.05) is 31.9 Å². The summed E-state index contributed by atoms with van der Waals surface area (Å²) >= 11 is 1.99. The van der Waals surface area contributed by atoms with Crippen LogP contribution in [0.5, 0.6) is 0 Å². The monoisotopic (exact) mass is 267 g/mol. The molecule has 1 saturated carbocycles. The van der Waals surface area contributed by atoms with E-state index < -0.39 is 0 Å². The Kier molecular flexibility index (Phi) is 5.07. The molecule has 3 heteroatoms. The fourth-order valence-corrected chi connectivity index (χ4v) is 4.05. The first-order valence-corrected chi connectivity index (χ1v) is 7.82. The number of hydrogen-bond acceptors (Lipinski definition) is 2. The molecule has 0 aromatic heterocycles. The van der Waals surface area contributed by atoms with Crippen molar-refractivity contribution in [2.45, 2.75) is 43.9 Å². The zero-order valence-electron chi connectivity index (χ0n) is 10.9. The standard InChI is InChI=1S/C15H22FNS/c1-11-3-2-4-14(9-11)18-10-15(17)12-5-7-13(16)8-6-12/h5-8,11,14-15H,2-4,9-10,17H2,1H3. The van der Waals surface area contributed by atoms with Crippen molar-refractivity contribution in [2.24, 2.45) is 11.7 Å². The van der Waals surface area contributed by atoms with E-state index in [4.69, 9.17) is 5.73 Å². The zero-order valence-corrected chi connectivity index (χ0v) is 11.8. The molecule has 1 aliphatic carbocycles. The summed E-state index contributed by atoms with van der Waals surface area (Å²) in [5, 5.41) is 0.764. The Morgan fingerprint density at radius 1 is 1.33 bits per heavy atom. The largest absolute Gasteiger partial charge is 0.323 e. The molecule has 1 aromatic carbocycles. The third kappa shape index (κ3) is 3.99. The summed E-state index contributed by atoms with van der Waals surface area (Å²) in [7, 11) is 0. The first kappa shape index (κ1) is 13.9. The molecule has 1 nitrogen and oxygen atoms in total. The Balaban J connectivity index is 1.80. The Bertz CT molecular complexity index is 365. The lowest BCUT2D eigenvalue weighted by Gasteiger charge is -2.27. The molecule has 3 unspecified atom stereocenters. The highest BCUT2D eigenvalue weighted by Gasteiger charge is 2.20. The molecule has 0 saturated heterocycles. The summed E-state index contributed by atoms with van der Waals surface area (Å²) < 4.78 is 12.8. The quantitative estimate of drug-likeness (QED) is 0.887. The Morgan fingerprint density at radius 3 is 2.72 bits per heavy atom. The van der Waals surface area contributed by atoms with Gasteiger partial charge in [0.25, 0.3) is 0 Å². The van der Waals surface area contributed by atoms with Gasteiger partial charge in [-0.15, -0.1) is 0 Å². The van der Waals surface area contributed by atoms with Crippen LogP contribution in [0.15, 0.2) is 24.3 Å². The second-order valence-electron chi connectivity index (χ2n) is 5.39. The van der Waals surface area contributed by atoms with Crippen LogP contribution < -0.4 is 5.73 Å². The van der Waals surface area contributed by atoms with Gasteiger partial charge >= 0.3 is 0 Å². The first-order chi connectivity index (χ1) is 8.65. The van der Waals surface area contributed by atoms with Crippen molar-refractivity contribution in [1.82, 2.24) is 0 Å². The summed E-state index contributed by atoms with van der Waals surface area (Å²) in [4.78, 5) is 0. The highest BCUT2D eigenvalue weighted by Crippen LogP contribution is 2.33. The fraction of sp³-hybridized carbons (Fsp3) is 0.600. The van der Waals surface area contributed by atoms with E-state index in [2.05, 4.69) is 6.92 Å². The molecule has 0 spiro atoms. The van der Waals surface area contributed by atoms with E-state index in [-0.39, 0.29) is 11.9 Å². The molecule has 3 atom stereocenters. The molecule has 0 bridgehead atoms. The topological polar surface area (TPSA) is 26.0 Å². The van der Waals surface area contributed by atoms with Gasteiger partial charge in [0.2, 0.25) is 0 Å². The number of hydrogen-bond donors (Lipinski definition) is 1. The van der Waals surface area contributed by atoms with E-state index in [9.17, 15) is 4.39 Å². The number of halogens is 1. The second kappa shape index (κ2) is 6.58. The van der Waals surface area contributed by atoms with Gasteiger partial charge in [-0.05, 0) is 36.5 Å². The van der Waals surface area contributed by atoms with Gasteiger partial charge in [0.15, 0.2) is 0 Å². The molecule has 0 amide bonds.